The molecule has 0 aliphatic rings. The first-order chi connectivity index (χ1) is 5.55. The zero-order valence-corrected chi connectivity index (χ0v) is 4.18. The van der Waals surface area contributed by atoms with E-state index in [1.165, 1.54) is 6.92 Å². The highest BCUT2D eigenvalue weighted by Crippen LogP contribution is 1.80. The quantitative estimate of drug-likeness (QED) is 0.536. The molecule has 2 nitrogen and oxygen atoms in total. The molecule has 7 heavy (non-hydrogen) atoms. The molecule has 1 atom stereocenters. The molecule has 0 aromatic rings. The second-order valence-electron chi connectivity index (χ2n) is 1.46. The second-order valence-corrected chi connectivity index (χ2v) is 1.46. The molecule has 0 heterocycles. The van der Waals surface area contributed by atoms with Gasteiger partial charge in [-0.05, 0) is 20.9 Å². The number of rotatable bonds is 2. The van der Waals surface area contributed by atoms with Gasteiger partial charge in [-0.15, -0.1) is 0 Å². The standard InChI is InChI=1S/C5H13NO/c1-5(7)4-6(2)3/h5,7H,4H2,1-3H3/i2D3,3D3. The Morgan fingerprint density at radius 2 is 2.43 bits per heavy atom. The molecule has 0 rings (SSSR count). The molecule has 44 valence electrons. The first-order valence-corrected chi connectivity index (χ1v) is 2.01. The highest BCUT2D eigenvalue weighted by Gasteiger charge is 1.93. The lowest BCUT2D eigenvalue weighted by molar-refractivity contribution is 0.154. The van der Waals surface area contributed by atoms with Crippen molar-refractivity contribution in [3.8, 4) is 0 Å². The van der Waals surface area contributed by atoms with Gasteiger partial charge in [-0.25, -0.2) is 0 Å². The van der Waals surface area contributed by atoms with Gasteiger partial charge in [-0.3, -0.25) is 0 Å². The largest absolute Gasteiger partial charge is 0.392 e. The third-order valence-electron chi connectivity index (χ3n) is 0.447. The molecule has 0 saturated heterocycles. The summed E-state index contributed by atoms with van der Waals surface area (Å²) in [5, 5.41) is 8.91. The molecule has 0 radical (unpaired) electrons. The SMILES string of the molecule is [2H]C([2H])([2H])N(CC(C)O)C([2H])([2H])[2H]. The average Bonchev–Trinajstić information content (AvgIpc) is 1.77. The fraction of sp³-hybridized carbons (Fsp3) is 1.00. The lowest BCUT2D eigenvalue weighted by atomic mass is 10.4. The van der Waals surface area contributed by atoms with Gasteiger partial charge in [-0.1, -0.05) is 0 Å². The predicted octanol–water partition coefficient (Wildman–Crippen LogP) is -0.0712. The van der Waals surface area contributed by atoms with E-state index in [1.54, 1.807) is 0 Å². The van der Waals surface area contributed by atoms with Crippen molar-refractivity contribution < 1.29 is 13.3 Å². The highest BCUT2D eigenvalue weighted by atomic mass is 16.3. The van der Waals surface area contributed by atoms with Gasteiger partial charge in [0.1, 0.15) is 0 Å². The Bertz CT molecular complexity index is 147. The van der Waals surface area contributed by atoms with Crippen LogP contribution in [0.3, 0.4) is 0 Å². The van der Waals surface area contributed by atoms with Crippen LogP contribution >= 0.6 is 0 Å². The normalized spacial score (nSPS) is 31.3. The van der Waals surface area contributed by atoms with Crippen LogP contribution in [0, 0.1) is 0 Å². The van der Waals surface area contributed by atoms with Crippen LogP contribution in [-0.4, -0.2) is 36.6 Å². The lowest BCUT2D eigenvalue weighted by Gasteiger charge is -2.10. The first kappa shape index (κ1) is 1.71. The Labute approximate surface area is 53.2 Å². The molecule has 1 N–H and O–H groups in total. The van der Waals surface area contributed by atoms with Gasteiger partial charge in [0.15, 0.2) is 0 Å². The molecule has 2 heteroatoms. The molecule has 0 bridgehead atoms. The number of aliphatic hydroxyl groups is 1. The van der Waals surface area contributed by atoms with Crippen molar-refractivity contribution in [3.63, 3.8) is 0 Å². The molecule has 0 aromatic carbocycles. The van der Waals surface area contributed by atoms with Crippen LogP contribution in [0.15, 0.2) is 0 Å². The van der Waals surface area contributed by atoms with Crippen molar-refractivity contribution in [3.05, 3.63) is 0 Å². The zero-order chi connectivity index (χ0) is 10.9. The maximum absolute atomic E-state index is 8.91. The van der Waals surface area contributed by atoms with Gasteiger partial charge in [0.05, 0.1) is 6.10 Å². The lowest BCUT2D eigenvalue weighted by Crippen LogP contribution is -2.22. The van der Waals surface area contributed by atoms with Crippen molar-refractivity contribution in [2.45, 2.75) is 13.0 Å². The summed E-state index contributed by atoms with van der Waals surface area (Å²) in [6.45, 7) is -4.47. The molecular weight excluding hydrogens is 90.1 g/mol. The van der Waals surface area contributed by atoms with E-state index in [9.17, 15) is 0 Å². The van der Waals surface area contributed by atoms with Crippen LogP contribution in [0.25, 0.3) is 0 Å². The summed E-state index contributed by atoms with van der Waals surface area (Å²) in [6, 6.07) is 0. The first-order valence-electron chi connectivity index (χ1n) is 5.01. The molecule has 1 unspecified atom stereocenters. The summed E-state index contributed by atoms with van der Waals surface area (Å²) in [7, 11) is 0. The van der Waals surface area contributed by atoms with E-state index < -0.39 is 26.6 Å². The van der Waals surface area contributed by atoms with Crippen LogP contribution in [0.2, 0.25) is 0 Å². The third kappa shape index (κ3) is 5.92. The Morgan fingerprint density at radius 1 is 1.86 bits per heavy atom. The van der Waals surface area contributed by atoms with Gasteiger partial charge in [0, 0.05) is 14.8 Å². The Morgan fingerprint density at radius 3 is 2.57 bits per heavy atom. The van der Waals surface area contributed by atoms with E-state index in [0.717, 1.165) is 0 Å². The van der Waals surface area contributed by atoms with Crippen molar-refractivity contribution in [1.82, 2.24) is 4.90 Å². The van der Waals surface area contributed by atoms with Crippen LogP contribution in [-0.2, 0) is 0 Å². The molecular formula is C5H13NO. The van der Waals surface area contributed by atoms with Gasteiger partial charge >= 0.3 is 0 Å². The fourth-order valence-electron chi connectivity index (χ4n) is 0.264. The van der Waals surface area contributed by atoms with Gasteiger partial charge in [-0.2, -0.15) is 0 Å². The average molecular weight is 109 g/mol. The Hall–Kier alpha value is -0.0800. The smallest absolute Gasteiger partial charge is 0.0638 e. The maximum Gasteiger partial charge on any atom is 0.0638 e. The topological polar surface area (TPSA) is 23.5 Å². The van der Waals surface area contributed by atoms with E-state index >= 15 is 0 Å². The summed E-state index contributed by atoms with van der Waals surface area (Å²) >= 11 is 0. The van der Waals surface area contributed by atoms with Crippen LogP contribution < -0.4 is 0 Å². The summed E-state index contributed by atoms with van der Waals surface area (Å²) in [5.41, 5.74) is 0. The Balaban J connectivity index is 4.58. The summed E-state index contributed by atoms with van der Waals surface area (Å²) in [5.74, 6) is 0. The van der Waals surface area contributed by atoms with Crippen LogP contribution in [0.5, 0.6) is 0 Å². The minimum Gasteiger partial charge on any atom is -0.392 e. The number of hydrogen-bond donors (Lipinski definition) is 1. The zero-order valence-electron chi connectivity index (χ0n) is 10.2. The van der Waals surface area contributed by atoms with Crippen molar-refractivity contribution >= 4 is 0 Å². The van der Waals surface area contributed by atoms with Crippen LogP contribution in [0.1, 0.15) is 15.1 Å². The van der Waals surface area contributed by atoms with E-state index in [4.69, 9.17) is 13.3 Å². The molecule has 0 saturated carbocycles. The van der Waals surface area contributed by atoms with Gasteiger partial charge in [0.25, 0.3) is 0 Å². The predicted molar refractivity (Wildman–Crippen MR) is 30.2 cm³/mol. The number of likely N-dealkylation sites (N-methyl/N-ethyl adjacent to an activating group) is 1. The molecule has 0 aromatic heterocycles. The monoisotopic (exact) mass is 109 g/mol. The summed E-state index contributed by atoms with van der Waals surface area (Å²) in [4.78, 5) is 0.324. The number of hydrogen-bond acceptors (Lipinski definition) is 2. The van der Waals surface area contributed by atoms with E-state index in [-0.39, 0.29) is 0 Å². The highest BCUT2D eigenvalue weighted by molar-refractivity contribution is 4.48. The fourth-order valence-corrected chi connectivity index (χ4v) is 0.264. The van der Waals surface area contributed by atoms with Crippen molar-refractivity contribution in [2.75, 3.05) is 20.5 Å². The minimum atomic E-state index is -2.71. The Kier molecular flexibility index (Phi) is 0.730. The van der Waals surface area contributed by atoms with E-state index in [1.807, 2.05) is 0 Å². The maximum atomic E-state index is 8.91. The molecule has 0 spiro atoms. The summed E-state index contributed by atoms with van der Waals surface area (Å²) < 4.78 is 41.6. The van der Waals surface area contributed by atoms with Gasteiger partial charge in [0.2, 0.25) is 0 Å². The van der Waals surface area contributed by atoms with Crippen molar-refractivity contribution in [1.29, 1.82) is 0 Å². The summed E-state index contributed by atoms with van der Waals surface area (Å²) in [6.07, 6.45) is -0.985. The second kappa shape index (κ2) is 2.99. The molecule has 0 fully saturated rings. The molecule has 0 aliphatic heterocycles. The van der Waals surface area contributed by atoms with Gasteiger partial charge < -0.3 is 10.0 Å². The minimum absolute atomic E-state index is 0.324. The molecule has 0 amide bonds. The number of nitrogens with zero attached hydrogens (tertiary/aromatic N) is 1. The van der Waals surface area contributed by atoms with Crippen LogP contribution in [0.4, 0.5) is 0 Å². The third-order valence-corrected chi connectivity index (χ3v) is 0.447. The number of aliphatic hydroxyl groups excluding tert-OH is 1. The van der Waals surface area contributed by atoms with E-state index in [0.29, 0.717) is 4.90 Å². The van der Waals surface area contributed by atoms with E-state index in [2.05, 4.69) is 0 Å². The van der Waals surface area contributed by atoms with Crippen molar-refractivity contribution in [2.24, 2.45) is 0 Å². The molecule has 0 aliphatic carbocycles.